The maximum atomic E-state index is 13.1. The smallest absolute Gasteiger partial charge is 0.402 e. The highest BCUT2D eigenvalue weighted by molar-refractivity contribution is 5.89. The highest BCUT2D eigenvalue weighted by Crippen LogP contribution is 2.44. The van der Waals surface area contributed by atoms with Crippen LogP contribution in [-0.4, -0.2) is 258 Å². The maximum Gasteiger partial charge on any atom is 0.402 e. The molecule has 4 aliphatic rings. The fraction of sp³-hybridized carbons (Fsp3) is 0.421. The van der Waals surface area contributed by atoms with E-state index >= 15 is 0 Å². The Balaban J connectivity index is 0.992. The molecule has 0 bridgehead atoms. The second kappa shape index (κ2) is 27.9. The average Bonchev–Trinajstić information content (AvgIpc) is 1.10. The van der Waals surface area contributed by atoms with E-state index in [4.69, 9.17) is 51.8 Å². The van der Waals surface area contributed by atoms with E-state index in [-0.39, 0.29) is 39.2 Å². The van der Waals surface area contributed by atoms with Crippen molar-refractivity contribution in [3.05, 3.63) is 96.1 Å². The summed E-state index contributed by atoms with van der Waals surface area (Å²) in [6.07, 6.45) is -34.0. The first kappa shape index (κ1) is 65.6. The summed E-state index contributed by atoms with van der Waals surface area (Å²) in [7, 11) is 0. The van der Waals surface area contributed by atoms with E-state index < -0.39 is 207 Å². The van der Waals surface area contributed by atoms with Crippen LogP contribution in [0.1, 0.15) is 11.1 Å². The number of esters is 2. The van der Waals surface area contributed by atoms with Gasteiger partial charge in [0, 0.05) is 30.4 Å². The molecule has 9 rings (SSSR count). The number of carbonyl (C=O) groups is 2. The summed E-state index contributed by atoms with van der Waals surface area (Å²) in [5, 5.41) is 201. The van der Waals surface area contributed by atoms with E-state index in [2.05, 4.69) is 0 Å². The van der Waals surface area contributed by atoms with Gasteiger partial charge in [0.25, 0.3) is 0 Å². The van der Waals surface area contributed by atoms with Crippen molar-refractivity contribution >= 4 is 35.1 Å². The lowest BCUT2D eigenvalue weighted by molar-refractivity contribution is -0.358. The van der Waals surface area contributed by atoms with Gasteiger partial charge >= 0.3 is 23.3 Å². The average molecular weight is 1260 g/mol. The van der Waals surface area contributed by atoms with Crippen LogP contribution in [-0.2, 0) is 42.7 Å². The molecule has 0 aliphatic carbocycles. The minimum atomic E-state index is -2.24. The van der Waals surface area contributed by atoms with E-state index in [9.17, 15) is 107 Å². The number of carbonyl (C=O) groups excluding carboxylic acids is 2. The van der Waals surface area contributed by atoms with Gasteiger partial charge in [-0.1, -0.05) is 12.1 Å². The van der Waals surface area contributed by atoms with Gasteiger partial charge in [0.1, 0.15) is 122 Å². The van der Waals surface area contributed by atoms with Crippen LogP contribution in [0.2, 0.25) is 0 Å². The summed E-state index contributed by atoms with van der Waals surface area (Å²) in [6.45, 7) is -3.38. The zero-order valence-electron chi connectivity index (χ0n) is 45.9. The lowest BCUT2D eigenvalue weighted by Crippen LogP contribution is -2.65. The largest absolute Gasteiger partial charge is 0.507 e. The Bertz CT molecular complexity index is 3360. The maximum absolute atomic E-state index is 13.1. The van der Waals surface area contributed by atoms with Crippen molar-refractivity contribution in [1.29, 1.82) is 0 Å². The molecule has 19 N–H and O–H groups in total. The van der Waals surface area contributed by atoms with Crippen LogP contribution in [0.5, 0.6) is 51.7 Å². The zero-order chi connectivity index (χ0) is 64.3. The SMILES string of the molecule is O=C(C=Cc1ccc(O)c(O[C@@H]2O[C@H](CO)[C@@H](O)[C@H](O)[C@H]2O)c1)OC[C@H]1O[C@@H](O[C@H]2[C@H](Oc3cc4c(O[C@@H]5O[C@@H](CO)[C@@H](O)[C@H](O)[C@@H]5O)cc(O)cc4[o+]c3-c3ccc(O)c(O)c3)O[C@H](COC(=O)C=Cc3ccc(O)c(O)c3)[C@@H](O)[C@@H]2O)[C@H](O)[C@@H](O)[C@@H]1O. The van der Waals surface area contributed by atoms with Crippen LogP contribution in [0.15, 0.2) is 89.4 Å². The Labute approximate surface area is 500 Å². The number of hydrogen-bond donors (Lipinski definition) is 19. The molecule has 482 valence electrons. The van der Waals surface area contributed by atoms with Crippen LogP contribution >= 0.6 is 0 Å². The molecule has 0 unspecified atom stereocenters. The molecular formula is C57H63O32+. The van der Waals surface area contributed by atoms with Crippen LogP contribution in [0.25, 0.3) is 34.4 Å². The topological polar surface area (TPSA) is 522 Å². The molecule has 5 aromatic rings. The van der Waals surface area contributed by atoms with Crippen molar-refractivity contribution in [3.8, 4) is 63.1 Å². The van der Waals surface area contributed by atoms with Crippen molar-refractivity contribution < 1.29 is 158 Å². The first-order valence-corrected chi connectivity index (χ1v) is 27.0. The van der Waals surface area contributed by atoms with Gasteiger partial charge in [0.15, 0.2) is 46.9 Å². The van der Waals surface area contributed by atoms with Crippen molar-refractivity contribution in [3.63, 3.8) is 0 Å². The first-order valence-electron chi connectivity index (χ1n) is 27.0. The molecule has 4 saturated heterocycles. The minimum absolute atomic E-state index is 0.0888. The molecule has 4 aliphatic heterocycles. The lowest BCUT2D eigenvalue weighted by Gasteiger charge is -2.45. The summed E-state index contributed by atoms with van der Waals surface area (Å²) in [5.41, 5.74) is 0.0494. The van der Waals surface area contributed by atoms with Crippen LogP contribution < -0.4 is 14.2 Å². The van der Waals surface area contributed by atoms with Gasteiger partial charge in [-0.2, -0.15) is 0 Å². The van der Waals surface area contributed by atoms with Crippen molar-refractivity contribution in [2.24, 2.45) is 0 Å². The fourth-order valence-corrected chi connectivity index (χ4v) is 9.66. The minimum Gasteiger partial charge on any atom is -0.507 e. The van der Waals surface area contributed by atoms with Crippen molar-refractivity contribution in [2.45, 2.75) is 123 Å². The standard InChI is InChI=1S/C57H62O32/c58-17-35-41(68)45(72)49(76)54(85-35)82-32-15-24(60)14-31-25(32)16-34(52(81-31)23-5-8-27(62)30(65)13-23)84-57-53(48(75)44(71)38(88-57)20-80-39(66)9-3-21-1-6-26(61)29(64)11-21)89-56-51(78)47(74)43(70)37(87-56)19-79-40(67)10-4-22-2-7-28(63)33(12-22)83-55-50(77)46(73)42(69)36(18-59)86-55/h1-16,35-38,41-51,53-59,68-78H,17-20H2,(H5-,60,61,62,63,64,65,66,67)/p+1/t35-,36+,37+,38+,41+,42+,43+,44+,45-,46-,47-,48-,49-,50+,51+,53+,54+,55+,56-,57+/m0/s1. The highest BCUT2D eigenvalue weighted by Gasteiger charge is 2.53. The number of benzene rings is 4. The Morgan fingerprint density at radius 2 is 0.899 bits per heavy atom. The van der Waals surface area contributed by atoms with E-state index in [0.29, 0.717) is 0 Å². The Morgan fingerprint density at radius 1 is 0.438 bits per heavy atom. The number of rotatable bonds is 19. The molecule has 32 heteroatoms. The number of hydrogen-bond acceptors (Lipinski definition) is 31. The molecule has 0 radical (unpaired) electrons. The van der Waals surface area contributed by atoms with Gasteiger partial charge in [-0.25, -0.2) is 14.0 Å². The number of ether oxygens (including phenoxy) is 10. The van der Waals surface area contributed by atoms with Crippen molar-refractivity contribution in [1.82, 2.24) is 0 Å². The number of aliphatic hydroxyl groups excluding tert-OH is 13. The Kier molecular flexibility index (Phi) is 20.6. The molecule has 5 heterocycles. The predicted molar refractivity (Wildman–Crippen MR) is 291 cm³/mol. The molecule has 1 aromatic heterocycles. The summed E-state index contributed by atoms with van der Waals surface area (Å²) in [4.78, 5) is 26.1. The number of aromatic hydroxyl groups is 6. The summed E-state index contributed by atoms with van der Waals surface area (Å²) < 4.78 is 63.4. The predicted octanol–water partition coefficient (Wildman–Crippen LogP) is -3.50. The molecule has 0 amide bonds. The third kappa shape index (κ3) is 14.6. The summed E-state index contributed by atoms with van der Waals surface area (Å²) >= 11 is 0. The van der Waals surface area contributed by atoms with Gasteiger partial charge in [-0.3, -0.25) is 0 Å². The molecule has 89 heavy (non-hydrogen) atoms. The Hall–Kier alpha value is -7.81. The van der Waals surface area contributed by atoms with Crippen LogP contribution in [0.3, 0.4) is 0 Å². The second-order valence-electron chi connectivity index (χ2n) is 20.8. The monoisotopic (exact) mass is 1260 g/mol. The third-order valence-electron chi connectivity index (χ3n) is 14.7. The number of aliphatic hydroxyl groups is 13. The first-order chi connectivity index (χ1) is 42.3. The molecule has 0 spiro atoms. The molecule has 4 aromatic carbocycles. The second-order valence-corrected chi connectivity index (χ2v) is 20.8. The van der Waals surface area contributed by atoms with E-state index in [0.717, 1.165) is 66.8 Å². The zero-order valence-corrected chi connectivity index (χ0v) is 45.9. The van der Waals surface area contributed by atoms with Crippen LogP contribution in [0.4, 0.5) is 0 Å². The molecule has 0 saturated carbocycles. The summed E-state index contributed by atoms with van der Waals surface area (Å²) in [6, 6.07) is 13.7. The van der Waals surface area contributed by atoms with Gasteiger partial charge < -0.3 is 144 Å². The quantitative estimate of drug-likeness (QED) is 0.0165. The lowest BCUT2D eigenvalue weighted by atomic mass is 9.97. The third-order valence-corrected chi connectivity index (χ3v) is 14.7. The number of fused-ring (bicyclic) bond motifs is 1. The fourth-order valence-electron chi connectivity index (χ4n) is 9.66. The molecule has 4 fully saturated rings. The Morgan fingerprint density at radius 3 is 1.45 bits per heavy atom. The van der Waals surface area contributed by atoms with E-state index in [1.807, 2.05) is 0 Å². The number of phenolic OH excluding ortho intramolecular Hbond substituents is 6. The van der Waals surface area contributed by atoms with Gasteiger partial charge in [-0.05, 0) is 59.7 Å². The van der Waals surface area contributed by atoms with Gasteiger partial charge in [-0.15, -0.1) is 0 Å². The van der Waals surface area contributed by atoms with Gasteiger partial charge in [0.05, 0.1) is 24.8 Å². The summed E-state index contributed by atoms with van der Waals surface area (Å²) in [5.74, 6) is -7.09. The number of phenols is 6. The van der Waals surface area contributed by atoms with Crippen molar-refractivity contribution in [2.75, 3.05) is 26.4 Å². The van der Waals surface area contributed by atoms with E-state index in [1.165, 1.54) is 30.3 Å². The highest BCUT2D eigenvalue weighted by atomic mass is 16.8. The van der Waals surface area contributed by atoms with E-state index in [1.54, 1.807) is 0 Å². The molecular weight excluding hydrogens is 1200 g/mol. The van der Waals surface area contributed by atoms with Gasteiger partial charge in [0.2, 0.25) is 24.6 Å². The molecule has 32 nitrogen and oxygen atoms in total. The normalized spacial score (nSPS) is 32.4. The molecule has 20 atom stereocenters. The van der Waals surface area contributed by atoms with Crippen LogP contribution in [0, 0.1) is 0 Å².